The Balaban J connectivity index is 2.55. The number of amides is 1. The van der Waals surface area contributed by atoms with E-state index in [-0.39, 0.29) is 11.6 Å². The Hall–Kier alpha value is -1.56. The van der Waals surface area contributed by atoms with E-state index in [0.717, 1.165) is 5.56 Å². The lowest BCUT2D eigenvalue weighted by Crippen LogP contribution is -2.26. The Labute approximate surface area is 96.4 Å². The van der Waals surface area contributed by atoms with Crippen LogP contribution in [0.4, 0.5) is 11.4 Å². The topological polar surface area (TPSA) is 72.2 Å². The van der Waals surface area contributed by atoms with Gasteiger partial charge in [0, 0.05) is 17.7 Å². The number of fused-ring (bicyclic) bond motifs is 1. The summed E-state index contributed by atoms with van der Waals surface area (Å²) >= 11 is 1.42. The number of thioether (sulfide) groups is 1. The standard InChI is InChI=1S/C10H10N2O3S/c1-10(16-2)7-4-3-6(12(14)15)5-8(7)11-9(10)13/h3-5H,1-2H3,(H,11,13)/t10-/m0/s1. The van der Waals surface area contributed by atoms with Crippen molar-refractivity contribution in [3.05, 3.63) is 33.9 Å². The second kappa shape index (κ2) is 3.48. The molecular formula is C10H10N2O3S. The molecule has 0 radical (unpaired) electrons. The fraction of sp³-hybridized carbons (Fsp3) is 0.300. The van der Waals surface area contributed by atoms with Crippen LogP contribution in [0.2, 0.25) is 0 Å². The van der Waals surface area contributed by atoms with Crippen molar-refractivity contribution in [1.82, 2.24) is 0 Å². The quantitative estimate of drug-likeness (QED) is 0.632. The summed E-state index contributed by atoms with van der Waals surface area (Å²) in [6.07, 6.45) is 1.84. The zero-order valence-corrected chi connectivity index (χ0v) is 9.63. The fourth-order valence-corrected chi connectivity index (χ4v) is 2.37. The highest BCUT2D eigenvalue weighted by Gasteiger charge is 2.42. The van der Waals surface area contributed by atoms with E-state index in [9.17, 15) is 14.9 Å². The number of hydrogen-bond acceptors (Lipinski definition) is 4. The Kier molecular flexibility index (Phi) is 2.38. The second-order valence-corrected chi connectivity index (χ2v) is 4.90. The maximum Gasteiger partial charge on any atom is 0.271 e. The molecule has 1 atom stereocenters. The van der Waals surface area contributed by atoms with Gasteiger partial charge in [-0.3, -0.25) is 14.9 Å². The van der Waals surface area contributed by atoms with Gasteiger partial charge in [-0.2, -0.15) is 0 Å². The molecular weight excluding hydrogens is 228 g/mol. The number of nitrogens with one attached hydrogen (secondary N) is 1. The third-order valence-corrected chi connectivity index (χ3v) is 4.04. The van der Waals surface area contributed by atoms with E-state index in [4.69, 9.17) is 0 Å². The monoisotopic (exact) mass is 238 g/mol. The highest BCUT2D eigenvalue weighted by molar-refractivity contribution is 8.00. The Morgan fingerprint density at radius 2 is 2.19 bits per heavy atom. The van der Waals surface area contributed by atoms with E-state index in [0.29, 0.717) is 5.69 Å². The van der Waals surface area contributed by atoms with Crippen molar-refractivity contribution in [2.75, 3.05) is 11.6 Å². The Morgan fingerprint density at radius 3 is 2.75 bits per heavy atom. The largest absolute Gasteiger partial charge is 0.324 e. The number of benzene rings is 1. The first-order valence-corrected chi connectivity index (χ1v) is 5.87. The van der Waals surface area contributed by atoms with E-state index in [1.165, 1.54) is 23.9 Å². The van der Waals surface area contributed by atoms with Gasteiger partial charge in [-0.25, -0.2) is 0 Å². The molecule has 0 bridgehead atoms. The molecule has 0 unspecified atom stereocenters. The van der Waals surface area contributed by atoms with Gasteiger partial charge in [-0.1, -0.05) is 0 Å². The smallest absolute Gasteiger partial charge is 0.271 e. The highest BCUT2D eigenvalue weighted by atomic mass is 32.2. The van der Waals surface area contributed by atoms with Crippen LogP contribution in [0.1, 0.15) is 12.5 Å². The highest BCUT2D eigenvalue weighted by Crippen LogP contribution is 2.45. The van der Waals surface area contributed by atoms with Crippen LogP contribution in [0.15, 0.2) is 18.2 Å². The number of carbonyl (C=O) groups is 1. The molecule has 5 nitrogen and oxygen atoms in total. The molecule has 0 saturated carbocycles. The van der Waals surface area contributed by atoms with Gasteiger partial charge in [0.2, 0.25) is 5.91 Å². The molecule has 0 fully saturated rings. The van der Waals surface area contributed by atoms with Crippen LogP contribution in [0.3, 0.4) is 0 Å². The van der Waals surface area contributed by atoms with Gasteiger partial charge < -0.3 is 5.32 Å². The minimum atomic E-state index is -0.648. The average molecular weight is 238 g/mol. The number of carbonyl (C=O) groups excluding carboxylic acids is 1. The Morgan fingerprint density at radius 1 is 1.50 bits per heavy atom. The van der Waals surface area contributed by atoms with E-state index in [1.807, 2.05) is 13.2 Å². The van der Waals surface area contributed by atoms with E-state index in [1.54, 1.807) is 6.07 Å². The van der Waals surface area contributed by atoms with Crippen molar-refractivity contribution in [3.8, 4) is 0 Å². The lowest BCUT2D eigenvalue weighted by Gasteiger charge is -2.18. The average Bonchev–Trinajstić information content (AvgIpc) is 2.51. The van der Waals surface area contributed by atoms with Gasteiger partial charge in [0.15, 0.2) is 0 Å². The van der Waals surface area contributed by atoms with Crippen LogP contribution in [0.25, 0.3) is 0 Å². The molecule has 6 heteroatoms. The molecule has 84 valence electrons. The maximum atomic E-state index is 11.8. The molecule has 1 N–H and O–H groups in total. The number of nitrogens with zero attached hydrogens (tertiary/aromatic N) is 1. The van der Waals surface area contributed by atoms with Crippen LogP contribution in [-0.4, -0.2) is 17.1 Å². The van der Waals surface area contributed by atoms with Crippen molar-refractivity contribution in [3.63, 3.8) is 0 Å². The predicted molar refractivity (Wildman–Crippen MR) is 62.6 cm³/mol. The molecule has 16 heavy (non-hydrogen) atoms. The molecule has 0 aliphatic carbocycles. The normalized spacial score (nSPS) is 22.8. The molecule has 1 aromatic carbocycles. The van der Waals surface area contributed by atoms with E-state index >= 15 is 0 Å². The molecule has 0 saturated heterocycles. The van der Waals surface area contributed by atoms with Gasteiger partial charge >= 0.3 is 0 Å². The first-order chi connectivity index (χ1) is 7.49. The van der Waals surface area contributed by atoms with Crippen LogP contribution >= 0.6 is 11.8 Å². The summed E-state index contributed by atoms with van der Waals surface area (Å²) < 4.78 is -0.648. The van der Waals surface area contributed by atoms with Crippen LogP contribution in [-0.2, 0) is 9.54 Å². The Bertz CT molecular complexity index is 489. The summed E-state index contributed by atoms with van der Waals surface area (Å²) in [5.41, 5.74) is 1.33. The van der Waals surface area contributed by atoms with Crippen LogP contribution < -0.4 is 5.32 Å². The molecule has 1 aliphatic rings. The van der Waals surface area contributed by atoms with Gasteiger partial charge in [-0.15, -0.1) is 11.8 Å². The molecule has 1 aliphatic heterocycles. The zero-order valence-electron chi connectivity index (χ0n) is 8.81. The summed E-state index contributed by atoms with van der Waals surface area (Å²) in [7, 11) is 0. The van der Waals surface area contributed by atoms with Gasteiger partial charge in [0.05, 0.1) is 10.6 Å². The number of anilines is 1. The maximum absolute atomic E-state index is 11.8. The number of nitro groups is 1. The lowest BCUT2D eigenvalue weighted by atomic mass is 10.0. The molecule has 0 aromatic heterocycles. The van der Waals surface area contributed by atoms with Crippen LogP contribution in [0.5, 0.6) is 0 Å². The molecule has 0 spiro atoms. The van der Waals surface area contributed by atoms with Crippen molar-refractivity contribution < 1.29 is 9.72 Å². The van der Waals surface area contributed by atoms with Crippen molar-refractivity contribution >= 4 is 29.0 Å². The number of rotatable bonds is 2. The van der Waals surface area contributed by atoms with E-state index < -0.39 is 9.67 Å². The fourth-order valence-electron chi connectivity index (χ4n) is 1.73. The van der Waals surface area contributed by atoms with Crippen molar-refractivity contribution in [1.29, 1.82) is 0 Å². The molecule has 1 heterocycles. The second-order valence-electron chi connectivity index (χ2n) is 3.68. The third-order valence-electron chi connectivity index (χ3n) is 2.82. The van der Waals surface area contributed by atoms with Gasteiger partial charge in [-0.05, 0) is 19.2 Å². The summed E-state index contributed by atoms with van der Waals surface area (Å²) in [4.78, 5) is 21.9. The summed E-state index contributed by atoms with van der Waals surface area (Å²) in [5, 5.41) is 13.3. The molecule has 1 amide bonds. The molecule has 1 aromatic rings. The van der Waals surface area contributed by atoms with Crippen molar-refractivity contribution in [2.45, 2.75) is 11.7 Å². The summed E-state index contributed by atoms with van der Waals surface area (Å²) in [5.74, 6) is -0.129. The van der Waals surface area contributed by atoms with Gasteiger partial charge in [0.1, 0.15) is 4.75 Å². The number of hydrogen-bond donors (Lipinski definition) is 1. The summed E-state index contributed by atoms with van der Waals surface area (Å²) in [6.45, 7) is 1.81. The van der Waals surface area contributed by atoms with E-state index in [2.05, 4.69) is 5.32 Å². The summed E-state index contributed by atoms with van der Waals surface area (Å²) in [6, 6.07) is 4.46. The minimum absolute atomic E-state index is 0.00981. The lowest BCUT2D eigenvalue weighted by molar-refractivity contribution is -0.384. The molecule has 2 rings (SSSR count). The number of nitro benzene ring substituents is 1. The van der Waals surface area contributed by atoms with Crippen LogP contribution in [0, 0.1) is 10.1 Å². The predicted octanol–water partition coefficient (Wildman–Crippen LogP) is 2.13. The minimum Gasteiger partial charge on any atom is -0.324 e. The van der Waals surface area contributed by atoms with Crippen molar-refractivity contribution in [2.24, 2.45) is 0 Å². The first-order valence-electron chi connectivity index (χ1n) is 4.64. The number of non-ortho nitro benzene ring substituents is 1. The first kappa shape index (κ1) is 10.9. The van der Waals surface area contributed by atoms with Gasteiger partial charge in [0.25, 0.3) is 5.69 Å². The third kappa shape index (κ3) is 1.37. The zero-order chi connectivity index (χ0) is 11.9. The SMILES string of the molecule is CS[C@]1(C)C(=O)Nc2cc([N+](=O)[O-])ccc21.